The quantitative estimate of drug-likeness (QED) is 0.760. The van der Waals surface area contributed by atoms with Crippen LogP contribution < -0.4 is 5.43 Å². The highest BCUT2D eigenvalue weighted by Gasteiger charge is 2.13. The van der Waals surface area contributed by atoms with Crippen molar-refractivity contribution in [2.75, 3.05) is 13.1 Å². The Balaban J connectivity index is 1.87. The number of rotatable bonds is 2. The maximum atomic E-state index is 11.7. The van der Waals surface area contributed by atoms with Crippen molar-refractivity contribution >= 4 is 5.91 Å². The Hall–Kier alpha value is -1.36. The summed E-state index contributed by atoms with van der Waals surface area (Å²) in [5, 5.41) is 8.40. The second-order valence-corrected chi connectivity index (χ2v) is 3.81. The van der Waals surface area contributed by atoms with Crippen molar-refractivity contribution in [3.63, 3.8) is 0 Å². The molecule has 2 heterocycles. The third-order valence-electron chi connectivity index (χ3n) is 2.61. The van der Waals surface area contributed by atoms with Gasteiger partial charge >= 0.3 is 0 Å². The number of nitrogens with zero attached hydrogens (tertiary/aromatic N) is 2. The molecule has 1 fully saturated rings. The molecule has 1 saturated heterocycles. The minimum Gasteiger partial charge on any atom is -0.283 e. The van der Waals surface area contributed by atoms with Gasteiger partial charge in [-0.05, 0) is 18.9 Å². The number of amides is 1. The molecule has 1 aliphatic rings. The Bertz CT molecular complexity index is 301. The number of carbonyl (C=O) groups excluding carboxylic acids is 1. The van der Waals surface area contributed by atoms with E-state index in [2.05, 4.69) is 15.6 Å². The molecule has 0 aromatic carbocycles. The van der Waals surface area contributed by atoms with Crippen molar-refractivity contribution in [3.05, 3.63) is 18.0 Å². The predicted molar refractivity (Wildman–Crippen MR) is 56.1 cm³/mol. The lowest BCUT2D eigenvalue weighted by Gasteiger charge is -2.20. The van der Waals surface area contributed by atoms with Gasteiger partial charge in [0, 0.05) is 19.3 Å². The molecular formula is C10H16N4O. The summed E-state index contributed by atoms with van der Waals surface area (Å²) in [5.41, 5.74) is 3.40. The normalized spacial score (nSPS) is 18.4. The number of nitrogens with one attached hydrogen (secondary N) is 2. The lowest BCUT2D eigenvalue weighted by molar-refractivity contribution is 0.0789. The molecule has 5 heteroatoms. The molecule has 1 aliphatic heterocycles. The SMILES string of the molecule is O=C(NN1CCCCCC1)c1ccn[nH]1. The van der Waals surface area contributed by atoms with Gasteiger partial charge in [-0.3, -0.25) is 15.3 Å². The van der Waals surface area contributed by atoms with E-state index in [1.54, 1.807) is 12.3 Å². The van der Waals surface area contributed by atoms with Crippen LogP contribution in [0, 0.1) is 0 Å². The highest BCUT2D eigenvalue weighted by atomic mass is 16.2. The Morgan fingerprint density at radius 2 is 2.07 bits per heavy atom. The lowest BCUT2D eigenvalue weighted by Crippen LogP contribution is -2.42. The van der Waals surface area contributed by atoms with E-state index < -0.39 is 0 Å². The van der Waals surface area contributed by atoms with E-state index in [1.165, 1.54) is 12.8 Å². The maximum Gasteiger partial charge on any atom is 0.283 e. The molecule has 0 saturated carbocycles. The maximum absolute atomic E-state index is 11.7. The van der Waals surface area contributed by atoms with Crippen LogP contribution in [0.15, 0.2) is 12.3 Å². The van der Waals surface area contributed by atoms with Gasteiger partial charge in [-0.15, -0.1) is 0 Å². The fourth-order valence-corrected chi connectivity index (χ4v) is 1.77. The second-order valence-electron chi connectivity index (χ2n) is 3.81. The van der Waals surface area contributed by atoms with Gasteiger partial charge in [0.05, 0.1) is 0 Å². The van der Waals surface area contributed by atoms with Crippen LogP contribution in [0.3, 0.4) is 0 Å². The summed E-state index contributed by atoms with van der Waals surface area (Å²) in [7, 11) is 0. The standard InChI is InChI=1S/C10H16N4O/c15-10(9-5-6-11-12-9)13-14-7-3-1-2-4-8-14/h5-6H,1-4,7-8H2,(H,11,12)(H,13,15). The average Bonchev–Trinajstić information content (AvgIpc) is 2.65. The molecule has 0 aliphatic carbocycles. The number of aromatic amines is 1. The zero-order valence-corrected chi connectivity index (χ0v) is 8.70. The van der Waals surface area contributed by atoms with Gasteiger partial charge in [0.1, 0.15) is 5.69 Å². The van der Waals surface area contributed by atoms with Crippen molar-refractivity contribution in [1.29, 1.82) is 0 Å². The van der Waals surface area contributed by atoms with Crippen LogP contribution in [0.2, 0.25) is 0 Å². The van der Waals surface area contributed by atoms with Crippen molar-refractivity contribution in [1.82, 2.24) is 20.6 Å². The third-order valence-corrected chi connectivity index (χ3v) is 2.61. The molecule has 0 spiro atoms. The fourth-order valence-electron chi connectivity index (χ4n) is 1.77. The first-order valence-corrected chi connectivity index (χ1v) is 5.41. The molecule has 1 aromatic rings. The summed E-state index contributed by atoms with van der Waals surface area (Å²) in [4.78, 5) is 11.7. The van der Waals surface area contributed by atoms with E-state index >= 15 is 0 Å². The summed E-state index contributed by atoms with van der Waals surface area (Å²) in [5.74, 6) is -0.102. The highest BCUT2D eigenvalue weighted by molar-refractivity contribution is 5.91. The largest absolute Gasteiger partial charge is 0.283 e. The number of hydrazine groups is 1. The van der Waals surface area contributed by atoms with E-state index in [-0.39, 0.29) is 5.91 Å². The number of aromatic nitrogens is 2. The molecule has 5 nitrogen and oxygen atoms in total. The molecule has 0 unspecified atom stereocenters. The molecule has 2 rings (SSSR count). The Morgan fingerprint density at radius 3 is 2.67 bits per heavy atom. The molecule has 82 valence electrons. The van der Waals surface area contributed by atoms with Crippen LogP contribution in [0.4, 0.5) is 0 Å². The summed E-state index contributed by atoms with van der Waals surface area (Å²) >= 11 is 0. The molecule has 15 heavy (non-hydrogen) atoms. The zero-order chi connectivity index (χ0) is 10.5. The van der Waals surface area contributed by atoms with Gasteiger partial charge in [0.25, 0.3) is 5.91 Å². The van der Waals surface area contributed by atoms with E-state index in [9.17, 15) is 4.79 Å². The molecule has 1 amide bonds. The van der Waals surface area contributed by atoms with Crippen molar-refractivity contribution < 1.29 is 4.79 Å². The van der Waals surface area contributed by atoms with Crippen LogP contribution in [0.1, 0.15) is 36.2 Å². The van der Waals surface area contributed by atoms with E-state index in [1.807, 2.05) is 5.01 Å². The van der Waals surface area contributed by atoms with Crippen molar-refractivity contribution in [2.24, 2.45) is 0 Å². The summed E-state index contributed by atoms with van der Waals surface area (Å²) in [6.07, 6.45) is 6.41. The monoisotopic (exact) mass is 208 g/mol. The molecule has 2 N–H and O–H groups in total. The number of H-pyrrole nitrogens is 1. The van der Waals surface area contributed by atoms with E-state index in [0.717, 1.165) is 25.9 Å². The van der Waals surface area contributed by atoms with Gasteiger partial charge in [0.15, 0.2) is 0 Å². The summed E-state index contributed by atoms with van der Waals surface area (Å²) in [6.45, 7) is 1.89. The average molecular weight is 208 g/mol. The minimum atomic E-state index is -0.102. The van der Waals surface area contributed by atoms with Gasteiger partial charge < -0.3 is 0 Å². The van der Waals surface area contributed by atoms with Crippen molar-refractivity contribution in [3.8, 4) is 0 Å². The molecule has 1 aromatic heterocycles. The molecular weight excluding hydrogens is 192 g/mol. The lowest BCUT2D eigenvalue weighted by atomic mass is 10.2. The van der Waals surface area contributed by atoms with E-state index in [0.29, 0.717) is 5.69 Å². The highest BCUT2D eigenvalue weighted by Crippen LogP contribution is 2.07. The first-order valence-electron chi connectivity index (χ1n) is 5.41. The van der Waals surface area contributed by atoms with Gasteiger partial charge in [0.2, 0.25) is 0 Å². The Kier molecular flexibility index (Phi) is 3.34. The van der Waals surface area contributed by atoms with Crippen molar-refractivity contribution in [2.45, 2.75) is 25.7 Å². The van der Waals surface area contributed by atoms with Crippen LogP contribution in [-0.2, 0) is 0 Å². The second kappa shape index (κ2) is 4.93. The fraction of sp³-hybridized carbons (Fsp3) is 0.600. The number of carbonyl (C=O) groups is 1. The van der Waals surface area contributed by atoms with Crippen LogP contribution in [-0.4, -0.2) is 34.2 Å². The van der Waals surface area contributed by atoms with Crippen LogP contribution in [0.25, 0.3) is 0 Å². The van der Waals surface area contributed by atoms with Gasteiger partial charge in [-0.2, -0.15) is 5.10 Å². The third kappa shape index (κ3) is 2.79. The van der Waals surface area contributed by atoms with E-state index in [4.69, 9.17) is 0 Å². The Labute approximate surface area is 88.8 Å². The number of hydrogen-bond acceptors (Lipinski definition) is 3. The first-order chi connectivity index (χ1) is 7.36. The smallest absolute Gasteiger partial charge is 0.283 e. The number of hydrogen-bond donors (Lipinski definition) is 2. The Morgan fingerprint density at radius 1 is 1.33 bits per heavy atom. The summed E-state index contributed by atoms with van der Waals surface area (Å²) in [6, 6.07) is 1.67. The predicted octanol–water partition coefficient (Wildman–Crippen LogP) is 0.930. The molecule has 0 bridgehead atoms. The van der Waals surface area contributed by atoms with Gasteiger partial charge in [-0.1, -0.05) is 12.8 Å². The van der Waals surface area contributed by atoms with Gasteiger partial charge in [-0.25, -0.2) is 5.01 Å². The zero-order valence-electron chi connectivity index (χ0n) is 8.70. The first kappa shape index (κ1) is 10.2. The van der Waals surface area contributed by atoms with Crippen LogP contribution in [0.5, 0.6) is 0 Å². The van der Waals surface area contributed by atoms with Crippen LogP contribution >= 0.6 is 0 Å². The molecule has 0 atom stereocenters. The summed E-state index contributed by atoms with van der Waals surface area (Å²) < 4.78 is 0. The topological polar surface area (TPSA) is 61.0 Å². The minimum absolute atomic E-state index is 0.102. The molecule has 0 radical (unpaired) electrons.